The molecule has 0 saturated carbocycles. The van der Waals surface area contributed by atoms with Crippen LogP contribution in [-0.4, -0.2) is 12.0 Å². The summed E-state index contributed by atoms with van der Waals surface area (Å²) < 4.78 is 6.56. The number of fused-ring (bicyclic) bond motifs is 1. The van der Waals surface area contributed by atoms with Gasteiger partial charge in [-0.05, 0) is 39.2 Å². The Morgan fingerprint density at radius 2 is 2.11 bits per heavy atom. The van der Waals surface area contributed by atoms with Gasteiger partial charge in [0, 0.05) is 0 Å². The standard InChI is InChI=1S/C14H15BrN2O2/c1-2-11(14(18)17-16)19-12-8-7-9-5-3-4-6-10(9)13(12)15/h3-8,11H,2,16H2,1H3,(H,17,18). The molecule has 0 saturated heterocycles. The molecular weight excluding hydrogens is 308 g/mol. The zero-order chi connectivity index (χ0) is 13.8. The Balaban J connectivity index is 2.35. The molecule has 3 N–H and O–H groups in total. The van der Waals surface area contributed by atoms with Gasteiger partial charge in [0.1, 0.15) is 5.75 Å². The molecule has 0 spiro atoms. The number of hydrogen-bond acceptors (Lipinski definition) is 3. The average Bonchev–Trinajstić information content (AvgIpc) is 2.46. The lowest BCUT2D eigenvalue weighted by atomic mass is 10.1. The van der Waals surface area contributed by atoms with Gasteiger partial charge < -0.3 is 4.74 Å². The lowest BCUT2D eigenvalue weighted by Crippen LogP contribution is -2.41. The summed E-state index contributed by atoms with van der Waals surface area (Å²) in [5.41, 5.74) is 2.11. The molecule has 2 aromatic rings. The van der Waals surface area contributed by atoms with Crippen LogP contribution in [-0.2, 0) is 4.79 Å². The topological polar surface area (TPSA) is 64.3 Å². The Kier molecular flexibility index (Phi) is 4.39. The number of hydrogen-bond donors (Lipinski definition) is 2. The minimum absolute atomic E-state index is 0.331. The van der Waals surface area contributed by atoms with Crippen LogP contribution in [0.5, 0.6) is 5.75 Å². The van der Waals surface area contributed by atoms with Gasteiger partial charge in [0.15, 0.2) is 6.10 Å². The highest BCUT2D eigenvalue weighted by Crippen LogP contribution is 2.33. The van der Waals surface area contributed by atoms with Crippen LogP contribution in [0.2, 0.25) is 0 Å². The Hall–Kier alpha value is -1.59. The fraction of sp³-hybridized carbons (Fsp3) is 0.214. The van der Waals surface area contributed by atoms with Gasteiger partial charge in [-0.1, -0.05) is 37.3 Å². The van der Waals surface area contributed by atoms with E-state index < -0.39 is 6.10 Å². The third-order valence-corrected chi connectivity index (χ3v) is 3.72. The summed E-state index contributed by atoms with van der Waals surface area (Å²) in [6.07, 6.45) is -0.0510. The average molecular weight is 323 g/mol. The first kappa shape index (κ1) is 13.8. The van der Waals surface area contributed by atoms with Gasteiger partial charge in [-0.3, -0.25) is 10.2 Å². The van der Waals surface area contributed by atoms with Crippen LogP contribution in [0.25, 0.3) is 10.8 Å². The zero-order valence-electron chi connectivity index (χ0n) is 10.5. The minimum Gasteiger partial charge on any atom is -0.479 e. The molecule has 1 unspecified atom stereocenters. The number of amides is 1. The number of nitrogens with two attached hydrogens (primary N) is 1. The van der Waals surface area contributed by atoms with Gasteiger partial charge in [-0.2, -0.15) is 0 Å². The number of halogens is 1. The van der Waals surface area contributed by atoms with Crippen molar-refractivity contribution in [2.24, 2.45) is 5.84 Å². The molecule has 1 amide bonds. The van der Waals surface area contributed by atoms with Crippen LogP contribution >= 0.6 is 15.9 Å². The molecule has 19 heavy (non-hydrogen) atoms. The molecule has 0 aliphatic rings. The normalized spacial score (nSPS) is 12.2. The molecule has 0 bridgehead atoms. The molecular formula is C14H15BrN2O2. The highest BCUT2D eigenvalue weighted by Gasteiger charge is 2.18. The second-order valence-electron chi connectivity index (χ2n) is 4.12. The summed E-state index contributed by atoms with van der Waals surface area (Å²) in [7, 11) is 0. The summed E-state index contributed by atoms with van der Waals surface area (Å²) in [5.74, 6) is 5.44. The Labute approximate surface area is 120 Å². The first-order valence-corrected chi connectivity index (χ1v) is 6.81. The van der Waals surface area contributed by atoms with Gasteiger partial charge >= 0.3 is 0 Å². The van der Waals surface area contributed by atoms with Gasteiger partial charge in [0.25, 0.3) is 5.91 Å². The number of ether oxygens (including phenoxy) is 1. The van der Waals surface area contributed by atoms with E-state index in [1.165, 1.54) is 0 Å². The van der Waals surface area contributed by atoms with Crippen LogP contribution < -0.4 is 16.0 Å². The van der Waals surface area contributed by atoms with Crippen molar-refractivity contribution in [2.75, 3.05) is 0 Å². The first-order valence-electron chi connectivity index (χ1n) is 6.01. The minimum atomic E-state index is -0.595. The van der Waals surface area contributed by atoms with Gasteiger partial charge in [0.05, 0.1) is 4.47 Å². The largest absolute Gasteiger partial charge is 0.479 e. The van der Waals surface area contributed by atoms with Crippen LogP contribution in [0.15, 0.2) is 40.9 Å². The van der Waals surface area contributed by atoms with E-state index in [-0.39, 0.29) is 5.91 Å². The van der Waals surface area contributed by atoms with E-state index >= 15 is 0 Å². The fourth-order valence-corrected chi connectivity index (χ4v) is 2.46. The second kappa shape index (κ2) is 6.04. The third kappa shape index (κ3) is 2.88. The number of nitrogens with one attached hydrogen (secondary N) is 1. The van der Waals surface area contributed by atoms with E-state index in [4.69, 9.17) is 10.6 Å². The summed E-state index contributed by atoms with van der Waals surface area (Å²) in [5, 5.41) is 2.15. The number of carbonyl (C=O) groups excluding carboxylic acids is 1. The lowest BCUT2D eigenvalue weighted by Gasteiger charge is -2.17. The van der Waals surface area contributed by atoms with E-state index in [9.17, 15) is 4.79 Å². The molecule has 5 heteroatoms. The Morgan fingerprint density at radius 3 is 2.79 bits per heavy atom. The maximum absolute atomic E-state index is 11.5. The molecule has 100 valence electrons. The predicted octanol–water partition coefficient (Wildman–Crippen LogP) is 2.75. The summed E-state index contributed by atoms with van der Waals surface area (Å²) in [4.78, 5) is 11.5. The van der Waals surface area contributed by atoms with E-state index in [0.717, 1.165) is 15.2 Å². The van der Waals surface area contributed by atoms with Crippen molar-refractivity contribution in [3.63, 3.8) is 0 Å². The molecule has 0 fully saturated rings. The summed E-state index contributed by atoms with van der Waals surface area (Å²) in [6, 6.07) is 11.8. The van der Waals surface area contributed by atoms with E-state index in [2.05, 4.69) is 21.4 Å². The fourth-order valence-electron chi connectivity index (χ4n) is 1.87. The van der Waals surface area contributed by atoms with Crippen molar-refractivity contribution in [3.8, 4) is 5.75 Å². The van der Waals surface area contributed by atoms with Gasteiger partial charge in [-0.15, -0.1) is 0 Å². The van der Waals surface area contributed by atoms with Crippen molar-refractivity contribution in [1.29, 1.82) is 0 Å². The van der Waals surface area contributed by atoms with Gasteiger partial charge in [-0.25, -0.2) is 5.84 Å². The van der Waals surface area contributed by atoms with E-state index in [1.807, 2.05) is 43.3 Å². The summed E-state index contributed by atoms with van der Waals surface area (Å²) >= 11 is 3.52. The maximum Gasteiger partial charge on any atom is 0.274 e. The third-order valence-electron chi connectivity index (χ3n) is 2.90. The molecule has 1 atom stereocenters. The molecule has 2 rings (SSSR count). The lowest BCUT2D eigenvalue weighted by molar-refractivity contribution is -0.128. The van der Waals surface area contributed by atoms with Crippen LogP contribution in [0.1, 0.15) is 13.3 Å². The number of hydrazine groups is 1. The highest BCUT2D eigenvalue weighted by molar-refractivity contribution is 9.10. The van der Waals surface area contributed by atoms with Crippen molar-refractivity contribution < 1.29 is 9.53 Å². The SMILES string of the molecule is CCC(Oc1ccc2ccccc2c1Br)C(=O)NN. The molecule has 2 aromatic carbocycles. The van der Waals surface area contributed by atoms with Crippen molar-refractivity contribution >= 4 is 32.6 Å². The molecule has 0 aliphatic heterocycles. The first-order chi connectivity index (χ1) is 9.17. The van der Waals surface area contributed by atoms with E-state index in [0.29, 0.717) is 12.2 Å². The van der Waals surface area contributed by atoms with Crippen LogP contribution in [0, 0.1) is 0 Å². The van der Waals surface area contributed by atoms with Crippen molar-refractivity contribution in [3.05, 3.63) is 40.9 Å². The molecule has 4 nitrogen and oxygen atoms in total. The number of carbonyl (C=O) groups is 1. The monoisotopic (exact) mass is 322 g/mol. The number of rotatable bonds is 4. The second-order valence-corrected chi connectivity index (χ2v) is 4.92. The quantitative estimate of drug-likeness (QED) is 0.517. The zero-order valence-corrected chi connectivity index (χ0v) is 12.1. The summed E-state index contributed by atoms with van der Waals surface area (Å²) in [6.45, 7) is 1.87. The molecule has 0 radical (unpaired) electrons. The van der Waals surface area contributed by atoms with Crippen molar-refractivity contribution in [1.82, 2.24) is 5.43 Å². The molecule has 0 heterocycles. The molecule has 0 aliphatic carbocycles. The van der Waals surface area contributed by atoms with Crippen LogP contribution in [0.4, 0.5) is 0 Å². The maximum atomic E-state index is 11.5. The van der Waals surface area contributed by atoms with Crippen molar-refractivity contribution in [2.45, 2.75) is 19.4 Å². The number of benzene rings is 2. The smallest absolute Gasteiger partial charge is 0.274 e. The predicted molar refractivity (Wildman–Crippen MR) is 78.7 cm³/mol. The van der Waals surface area contributed by atoms with E-state index in [1.54, 1.807) is 0 Å². The van der Waals surface area contributed by atoms with Crippen LogP contribution in [0.3, 0.4) is 0 Å². The highest BCUT2D eigenvalue weighted by atomic mass is 79.9. The molecule has 0 aromatic heterocycles. The Bertz CT molecular complexity index is 601. The Morgan fingerprint density at radius 1 is 1.37 bits per heavy atom. The van der Waals surface area contributed by atoms with Gasteiger partial charge in [0.2, 0.25) is 0 Å².